The molecule has 1 aliphatic carbocycles. The first-order chi connectivity index (χ1) is 24.2. The van der Waals surface area contributed by atoms with Gasteiger partial charge in [0, 0.05) is 38.5 Å². The summed E-state index contributed by atoms with van der Waals surface area (Å²) in [6, 6.07) is 39.2. The average molecular weight is 583 g/mol. The Morgan fingerprint density at radius 2 is 1.31 bits per heavy atom. The molecular formula is C43H31NO. The maximum absolute atomic E-state index is 9.14. The lowest BCUT2D eigenvalue weighted by atomic mass is 9.82. The average Bonchev–Trinajstić information content (AvgIpc) is 3.64. The summed E-state index contributed by atoms with van der Waals surface area (Å²) in [5.74, 6) is 0. The van der Waals surface area contributed by atoms with Crippen LogP contribution in [0.4, 0.5) is 17.1 Å². The SMILES string of the molecule is [2H]c1c([2H])c([2H])c(N(c2ccc3c(c2)C(C)(C)c2ccccc2-3)c2ccccc2-c2cccc3oc4c5ccccc5ccc4c23)c([2H])c1[2H]. The van der Waals surface area contributed by atoms with Crippen LogP contribution in [0.25, 0.3) is 55.0 Å². The number of fused-ring (bicyclic) bond motifs is 8. The van der Waals surface area contributed by atoms with Crippen molar-refractivity contribution in [1.82, 2.24) is 0 Å². The number of rotatable bonds is 4. The van der Waals surface area contributed by atoms with Crippen molar-refractivity contribution in [2.75, 3.05) is 4.90 Å². The van der Waals surface area contributed by atoms with Gasteiger partial charge in [0.25, 0.3) is 0 Å². The Labute approximate surface area is 269 Å². The van der Waals surface area contributed by atoms with Gasteiger partial charge in [0.2, 0.25) is 0 Å². The fraction of sp³-hybridized carbons (Fsp3) is 0.0698. The van der Waals surface area contributed by atoms with Crippen molar-refractivity contribution in [2.45, 2.75) is 19.3 Å². The Balaban J connectivity index is 1.35. The van der Waals surface area contributed by atoms with Crippen molar-refractivity contribution in [3.8, 4) is 22.3 Å². The van der Waals surface area contributed by atoms with Gasteiger partial charge in [0.05, 0.1) is 12.5 Å². The molecule has 0 amide bonds. The number of benzene rings is 7. The maximum atomic E-state index is 9.14. The Hall–Kier alpha value is -5.60. The molecular weight excluding hydrogens is 546 g/mol. The topological polar surface area (TPSA) is 16.4 Å². The van der Waals surface area contributed by atoms with E-state index in [9.17, 15) is 0 Å². The van der Waals surface area contributed by atoms with Crippen LogP contribution in [0.15, 0.2) is 156 Å². The molecule has 2 heteroatoms. The molecule has 8 aromatic rings. The van der Waals surface area contributed by atoms with E-state index in [2.05, 4.69) is 80.6 Å². The molecule has 7 aromatic carbocycles. The smallest absolute Gasteiger partial charge is 0.143 e. The molecule has 0 radical (unpaired) electrons. The maximum Gasteiger partial charge on any atom is 0.143 e. The number of para-hydroxylation sites is 2. The van der Waals surface area contributed by atoms with Crippen LogP contribution < -0.4 is 4.90 Å². The van der Waals surface area contributed by atoms with E-state index in [4.69, 9.17) is 11.3 Å². The fourth-order valence-corrected chi connectivity index (χ4v) is 7.25. The van der Waals surface area contributed by atoms with Crippen LogP contribution in [-0.2, 0) is 5.41 Å². The van der Waals surface area contributed by atoms with Crippen molar-refractivity contribution in [2.24, 2.45) is 0 Å². The minimum Gasteiger partial charge on any atom is -0.455 e. The first-order valence-corrected chi connectivity index (χ1v) is 15.2. The van der Waals surface area contributed by atoms with E-state index < -0.39 is 6.04 Å². The third-order valence-corrected chi connectivity index (χ3v) is 9.36. The van der Waals surface area contributed by atoms with Crippen LogP contribution in [0.5, 0.6) is 0 Å². The van der Waals surface area contributed by atoms with Crippen molar-refractivity contribution >= 4 is 49.8 Å². The van der Waals surface area contributed by atoms with Gasteiger partial charge in [-0.25, -0.2) is 0 Å². The van der Waals surface area contributed by atoms with Crippen LogP contribution in [0.1, 0.15) is 31.8 Å². The second-order valence-corrected chi connectivity index (χ2v) is 12.2. The molecule has 45 heavy (non-hydrogen) atoms. The Morgan fingerprint density at radius 1 is 0.578 bits per heavy atom. The van der Waals surface area contributed by atoms with Crippen LogP contribution in [0, 0.1) is 0 Å². The summed E-state index contributed by atoms with van der Waals surface area (Å²) in [7, 11) is 0. The number of anilines is 3. The summed E-state index contributed by atoms with van der Waals surface area (Å²) in [6.07, 6.45) is 0. The molecule has 0 N–H and O–H groups in total. The molecule has 214 valence electrons. The molecule has 0 fully saturated rings. The normalized spacial score (nSPS) is 14.8. The first kappa shape index (κ1) is 21.2. The Morgan fingerprint density at radius 3 is 2.20 bits per heavy atom. The molecule has 9 rings (SSSR count). The quantitative estimate of drug-likeness (QED) is 0.205. The Kier molecular flexibility index (Phi) is 4.56. The first-order valence-electron chi connectivity index (χ1n) is 17.7. The second kappa shape index (κ2) is 9.70. The molecule has 0 unspecified atom stereocenters. The molecule has 0 atom stereocenters. The molecule has 0 bridgehead atoms. The molecule has 0 saturated carbocycles. The van der Waals surface area contributed by atoms with Gasteiger partial charge in [-0.2, -0.15) is 0 Å². The number of nitrogens with zero attached hydrogens (tertiary/aromatic N) is 1. The predicted molar refractivity (Wildman–Crippen MR) is 189 cm³/mol. The van der Waals surface area contributed by atoms with Crippen LogP contribution in [0.2, 0.25) is 0 Å². The predicted octanol–water partition coefficient (Wildman–Crippen LogP) is 12.2. The Bertz CT molecular complexity index is 2680. The largest absolute Gasteiger partial charge is 0.455 e. The molecule has 1 aromatic heterocycles. The van der Waals surface area contributed by atoms with E-state index in [1.54, 1.807) is 0 Å². The minimum absolute atomic E-state index is 0.0898. The van der Waals surface area contributed by atoms with Crippen molar-refractivity contribution in [1.29, 1.82) is 0 Å². The van der Waals surface area contributed by atoms with E-state index in [1.807, 2.05) is 59.5 Å². The molecule has 0 spiro atoms. The lowest BCUT2D eigenvalue weighted by molar-refractivity contribution is 0.660. The number of hydrogen-bond donors (Lipinski definition) is 0. The summed E-state index contributed by atoms with van der Waals surface area (Å²) >= 11 is 0. The third-order valence-electron chi connectivity index (χ3n) is 9.36. The highest BCUT2D eigenvalue weighted by atomic mass is 16.3. The molecule has 1 aliphatic rings. The van der Waals surface area contributed by atoms with Gasteiger partial charge in [-0.15, -0.1) is 0 Å². The zero-order valence-corrected chi connectivity index (χ0v) is 24.9. The van der Waals surface area contributed by atoms with Crippen LogP contribution in [0.3, 0.4) is 0 Å². The van der Waals surface area contributed by atoms with E-state index in [0.29, 0.717) is 11.4 Å². The lowest BCUT2D eigenvalue weighted by Gasteiger charge is -2.30. The zero-order chi connectivity index (χ0) is 34.5. The highest BCUT2D eigenvalue weighted by Gasteiger charge is 2.35. The summed E-state index contributed by atoms with van der Waals surface area (Å²) in [4.78, 5) is 1.84. The van der Waals surface area contributed by atoms with Gasteiger partial charge in [-0.1, -0.05) is 123 Å². The van der Waals surface area contributed by atoms with E-state index in [0.717, 1.165) is 55.0 Å². The molecule has 0 saturated heterocycles. The molecule has 2 nitrogen and oxygen atoms in total. The highest BCUT2D eigenvalue weighted by molar-refractivity contribution is 6.19. The van der Waals surface area contributed by atoms with Gasteiger partial charge in [-0.05, 0) is 75.6 Å². The summed E-state index contributed by atoms with van der Waals surface area (Å²) in [5.41, 5.74) is 9.12. The van der Waals surface area contributed by atoms with Crippen molar-refractivity contribution < 1.29 is 11.3 Å². The van der Waals surface area contributed by atoms with Crippen molar-refractivity contribution in [3.63, 3.8) is 0 Å². The highest BCUT2D eigenvalue weighted by Crippen LogP contribution is 2.51. The summed E-state index contributed by atoms with van der Waals surface area (Å²) in [5, 5.41) is 4.06. The number of furan rings is 1. The zero-order valence-electron chi connectivity index (χ0n) is 29.9. The lowest BCUT2D eigenvalue weighted by Crippen LogP contribution is -2.16. The standard InChI is InChI=1S/C43H31NO/c1-43(2)37-20-10-8-17-32(37)33-26-24-30(27-38(33)43)44(29-14-4-3-5-15-29)39-21-11-9-18-34(39)35-19-12-22-40-41(35)36-25-23-28-13-6-7-16-31(28)42(36)45-40/h3-27H,1-2H3/i3D,4D,5D,14D,15D. The third kappa shape index (κ3) is 3.82. The van der Waals surface area contributed by atoms with Crippen LogP contribution in [-0.4, -0.2) is 0 Å². The monoisotopic (exact) mass is 582 g/mol. The van der Waals surface area contributed by atoms with Gasteiger partial charge in [-0.3, -0.25) is 0 Å². The van der Waals surface area contributed by atoms with Gasteiger partial charge >= 0.3 is 0 Å². The summed E-state index contributed by atoms with van der Waals surface area (Å²) in [6.45, 7) is 4.41. The van der Waals surface area contributed by atoms with Gasteiger partial charge < -0.3 is 9.32 Å². The van der Waals surface area contributed by atoms with Crippen LogP contribution >= 0.6 is 0 Å². The van der Waals surface area contributed by atoms with Gasteiger partial charge in [0.15, 0.2) is 0 Å². The van der Waals surface area contributed by atoms with E-state index >= 15 is 0 Å². The number of hydrogen-bond acceptors (Lipinski definition) is 2. The summed E-state index contributed by atoms with van der Waals surface area (Å²) < 4.78 is 50.5. The second-order valence-electron chi connectivity index (χ2n) is 12.2. The molecule has 0 aliphatic heterocycles. The minimum atomic E-state index is -0.426. The van der Waals surface area contributed by atoms with E-state index in [-0.39, 0.29) is 35.3 Å². The van der Waals surface area contributed by atoms with Crippen molar-refractivity contribution in [3.05, 3.63) is 163 Å². The molecule has 1 heterocycles. The fourth-order valence-electron chi connectivity index (χ4n) is 7.25. The van der Waals surface area contributed by atoms with E-state index in [1.165, 1.54) is 11.1 Å². The van der Waals surface area contributed by atoms with Gasteiger partial charge in [0.1, 0.15) is 11.2 Å².